The van der Waals surface area contributed by atoms with E-state index in [1.165, 1.54) is 0 Å². The summed E-state index contributed by atoms with van der Waals surface area (Å²) >= 11 is 0. The van der Waals surface area contributed by atoms with Gasteiger partial charge >= 0.3 is 36.9 Å². The second-order valence-corrected chi connectivity index (χ2v) is 0.224. The average Bonchev–Trinajstić information content (AvgIpc) is 1.70. The monoisotopic (exact) mass is 307 g/mol. The number of hydrogen-bond donors (Lipinski definition) is 0. The molecule has 0 aliphatic heterocycles. The van der Waals surface area contributed by atoms with E-state index in [0.717, 1.165) is 16.0 Å². The molecule has 0 rings (SSSR count). The van der Waals surface area contributed by atoms with Gasteiger partial charge in [0.25, 0.3) is 0 Å². The molecule has 0 fully saturated rings. The largest absolute Gasteiger partial charge is 3.00 e. The van der Waals surface area contributed by atoms with Crippen LogP contribution in [0.4, 0.5) is 0 Å². The van der Waals surface area contributed by atoms with Gasteiger partial charge in [-0.05, 0) is 0 Å². The van der Waals surface area contributed by atoms with Crippen LogP contribution in [0.3, 0.4) is 0 Å². The SMILES string of the molecule is O=N[O-].O=N[O-].O=N[O-].[Tm+3]. The summed E-state index contributed by atoms with van der Waals surface area (Å²) < 4.78 is 0. The first-order valence-electron chi connectivity index (χ1n) is 1.10. The molecule has 0 saturated carbocycles. The van der Waals surface area contributed by atoms with Crippen LogP contribution in [0.1, 0.15) is 0 Å². The van der Waals surface area contributed by atoms with Crippen LogP contribution in [-0.2, 0) is 0 Å². The van der Waals surface area contributed by atoms with Crippen LogP contribution < -0.4 is 0 Å². The van der Waals surface area contributed by atoms with Gasteiger partial charge in [-0.3, -0.25) is 0 Å². The molecule has 10 heavy (non-hydrogen) atoms. The average molecular weight is 307 g/mol. The Hall–Kier alpha value is -0.566. The molecule has 0 radical (unpaired) electrons. The van der Waals surface area contributed by atoms with Gasteiger partial charge in [-0.25, -0.2) is 0 Å². The Balaban J connectivity index is -0.0000000257. The molecule has 0 unspecified atom stereocenters. The summed E-state index contributed by atoms with van der Waals surface area (Å²) in [5.41, 5.74) is 0. The third-order valence-corrected chi connectivity index (χ3v) is 0. The van der Waals surface area contributed by atoms with E-state index < -0.39 is 0 Å². The summed E-state index contributed by atoms with van der Waals surface area (Å²) in [7, 11) is 0. The van der Waals surface area contributed by atoms with Crippen LogP contribution in [0.15, 0.2) is 16.0 Å². The molecular weight excluding hydrogens is 307 g/mol. The van der Waals surface area contributed by atoms with Crippen LogP contribution >= 0.6 is 0 Å². The molecule has 10 heteroatoms. The van der Waals surface area contributed by atoms with Gasteiger partial charge in [0, 0.05) is 0 Å². The van der Waals surface area contributed by atoms with E-state index in [2.05, 4.69) is 0 Å². The quantitative estimate of drug-likeness (QED) is 0.474. The van der Waals surface area contributed by atoms with Crippen molar-refractivity contribution in [1.29, 1.82) is 0 Å². The zero-order valence-corrected chi connectivity index (χ0v) is 5.85. The van der Waals surface area contributed by atoms with E-state index in [4.69, 9.17) is 30.3 Å². The minimum absolute atomic E-state index is 0. The molecule has 0 atom stereocenters. The molecule has 0 bridgehead atoms. The number of hydrogen-bond acceptors (Lipinski definition) is 9. The van der Waals surface area contributed by atoms with Gasteiger partial charge in [-0.1, -0.05) is 0 Å². The molecule has 0 aliphatic rings. The molecule has 0 aromatic heterocycles. The van der Waals surface area contributed by atoms with Crippen molar-refractivity contribution in [3.05, 3.63) is 30.3 Å². The molecule has 0 aliphatic carbocycles. The van der Waals surface area contributed by atoms with E-state index in [-0.39, 0.29) is 36.9 Å². The first kappa shape index (κ1) is 22.7. The van der Waals surface area contributed by atoms with Crippen molar-refractivity contribution in [3.8, 4) is 0 Å². The molecule has 0 heterocycles. The van der Waals surface area contributed by atoms with Crippen molar-refractivity contribution in [2.75, 3.05) is 0 Å². The van der Waals surface area contributed by atoms with E-state index in [1.807, 2.05) is 0 Å². The topological polar surface area (TPSA) is 157 Å². The predicted octanol–water partition coefficient (Wildman–Crippen LogP) is 0.752. The fourth-order valence-corrected chi connectivity index (χ4v) is 0. The molecular formula is N3O6Tm. The van der Waals surface area contributed by atoms with Crippen molar-refractivity contribution in [2.24, 2.45) is 16.0 Å². The molecule has 0 N–H and O–H groups in total. The number of nitrogens with zero attached hydrogens (tertiary/aromatic N) is 3. The summed E-state index contributed by atoms with van der Waals surface area (Å²) in [6.45, 7) is 0. The third kappa shape index (κ3) is 960. The summed E-state index contributed by atoms with van der Waals surface area (Å²) in [4.78, 5) is 24.0. The van der Waals surface area contributed by atoms with Gasteiger partial charge in [0.2, 0.25) is 0 Å². The van der Waals surface area contributed by atoms with E-state index >= 15 is 0 Å². The minimum atomic E-state index is 0. The van der Waals surface area contributed by atoms with Crippen LogP contribution in [0.5, 0.6) is 0 Å². The minimum Gasteiger partial charge on any atom is -0.444 e. The molecule has 9 nitrogen and oxygen atoms in total. The Morgan fingerprint density at radius 2 is 0.700 bits per heavy atom. The summed E-state index contributed by atoms with van der Waals surface area (Å²) in [6.07, 6.45) is 0. The van der Waals surface area contributed by atoms with Gasteiger partial charge in [-0.15, -0.1) is 16.0 Å². The standard InChI is InChI=1S/3HNO2.Tm/c3*2-1-3;/h3*(H,2,3);/q;;;+3/p-3. The van der Waals surface area contributed by atoms with Crippen LogP contribution in [0.25, 0.3) is 0 Å². The summed E-state index contributed by atoms with van der Waals surface area (Å²) in [6, 6.07) is 0. The van der Waals surface area contributed by atoms with Gasteiger partial charge in [0.15, 0.2) is 0 Å². The Labute approximate surface area is 83.0 Å². The summed E-state index contributed by atoms with van der Waals surface area (Å²) in [5, 5.41) is 27.0. The predicted molar refractivity (Wildman–Crippen MR) is 27.5 cm³/mol. The van der Waals surface area contributed by atoms with Crippen molar-refractivity contribution >= 4 is 0 Å². The van der Waals surface area contributed by atoms with Gasteiger partial charge in [0.1, 0.15) is 0 Å². The maximum absolute atomic E-state index is 8.00. The van der Waals surface area contributed by atoms with Gasteiger partial charge in [-0.2, -0.15) is 0 Å². The van der Waals surface area contributed by atoms with E-state index in [1.54, 1.807) is 0 Å². The Morgan fingerprint density at radius 1 is 0.700 bits per heavy atom. The fraction of sp³-hybridized carbons (Fsp3) is 0. The van der Waals surface area contributed by atoms with Crippen molar-refractivity contribution in [2.45, 2.75) is 0 Å². The van der Waals surface area contributed by atoms with Crippen molar-refractivity contribution < 1.29 is 36.9 Å². The maximum Gasteiger partial charge on any atom is 3.00 e. The Kier molecular flexibility index (Phi) is 179. The Bertz CT molecular complexity index is 49.7. The molecule has 64 valence electrons. The Morgan fingerprint density at radius 3 is 0.700 bits per heavy atom. The maximum atomic E-state index is 8.00. The first-order chi connectivity index (χ1) is 4.24. The second kappa shape index (κ2) is 78.7. The van der Waals surface area contributed by atoms with E-state index in [0.29, 0.717) is 0 Å². The van der Waals surface area contributed by atoms with Gasteiger partial charge < -0.3 is 30.3 Å². The van der Waals surface area contributed by atoms with Crippen LogP contribution in [0, 0.1) is 67.2 Å². The number of rotatable bonds is 0. The van der Waals surface area contributed by atoms with Crippen LogP contribution in [0.2, 0.25) is 0 Å². The molecule has 0 spiro atoms. The van der Waals surface area contributed by atoms with Crippen molar-refractivity contribution in [1.82, 2.24) is 0 Å². The van der Waals surface area contributed by atoms with Crippen LogP contribution in [-0.4, -0.2) is 0 Å². The van der Waals surface area contributed by atoms with E-state index in [9.17, 15) is 0 Å². The normalized spacial score (nSPS) is 3.60. The smallest absolute Gasteiger partial charge is 0.444 e. The second-order valence-electron chi connectivity index (χ2n) is 0.224. The van der Waals surface area contributed by atoms with Gasteiger partial charge in [0.05, 0.1) is 0 Å². The molecule has 0 saturated heterocycles. The zero-order valence-electron chi connectivity index (χ0n) is 4.07. The summed E-state index contributed by atoms with van der Waals surface area (Å²) in [5.74, 6) is 0. The fourth-order valence-electron chi connectivity index (χ4n) is 0. The first-order valence-corrected chi connectivity index (χ1v) is 1.10. The third-order valence-electron chi connectivity index (χ3n) is 0. The zero-order chi connectivity index (χ0) is 8.12. The molecule has 0 aromatic rings. The molecule has 0 amide bonds. The van der Waals surface area contributed by atoms with Crippen molar-refractivity contribution in [3.63, 3.8) is 0 Å². The molecule has 0 aromatic carbocycles.